The minimum Gasteiger partial charge on any atom is -0.487 e. The number of alkyl halides is 2. The summed E-state index contributed by atoms with van der Waals surface area (Å²) in [5, 5.41) is 5.55. The van der Waals surface area contributed by atoms with Crippen molar-refractivity contribution < 1.29 is 23.1 Å². The summed E-state index contributed by atoms with van der Waals surface area (Å²) < 4.78 is 32.3. The van der Waals surface area contributed by atoms with Crippen molar-refractivity contribution in [3.63, 3.8) is 0 Å². The van der Waals surface area contributed by atoms with Crippen LogP contribution in [0.2, 0.25) is 5.02 Å². The molecule has 0 saturated carbocycles. The van der Waals surface area contributed by atoms with Gasteiger partial charge in [-0.3, -0.25) is 9.59 Å². The van der Waals surface area contributed by atoms with Crippen LogP contribution in [0.25, 0.3) is 0 Å². The number of nitrogens with zero attached hydrogens (tertiary/aromatic N) is 1. The molecule has 160 valence electrons. The molecule has 6 nitrogen and oxygen atoms in total. The highest BCUT2D eigenvalue weighted by Gasteiger charge is 2.31. The Kier molecular flexibility index (Phi) is 7.50. The molecule has 0 spiro atoms. The molecule has 2 amide bonds. The molecule has 9 heteroatoms. The summed E-state index contributed by atoms with van der Waals surface area (Å²) in [5.74, 6) is -3.41. The van der Waals surface area contributed by atoms with Gasteiger partial charge in [0.1, 0.15) is 11.6 Å². The maximum Gasteiger partial charge on any atom is 0.302 e. The molecule has 0 aliphatic carbocycles. The molecule has 0 aliphatic rings. The SMILES string of the molecule is C=C(C)C(F)(F)COc1ccc(C(C)NC(=O)c2ccnc(NC(C)=O)c2)c(Cl)c1. The Morgan fingerprint density at radius 2 is 1.97 bits per heavy atom. The van der Waals surface area contributed by atoms with Crippen LogP contribution < -0.4 is 15.4 Å². The fourth-order valence-corrected chi connectivity index (χ4v) is 2.76. The van der Waals surface area contributed by atoms with Crippen LogP contribution in [0.3, 0.4) is 0 Å². The molecule has 0 aliphatic heterocycles. The largest absolute Gasteiger partial charge is 0.487 e. The first-order chi connectivity index (χ1) is 14.0. The van der Waals surface area contributed by atoms with Crippen LogP contribution in [0.5, 0.6) is 5.75 Å². The Balaban J connectivity index is 2.06. The first-order valence-electron chi connectivity index (χ1n) is 9.00. The number of hydrogen-bond acceptors (Lipinski definition) is 4. The van der Waals surface area contributed by atoms with E-state index < -0.39 is 24.5 Å². The lowest BCUT2D eigenvalue weighted by atomic mass is 10.1. The number of rotatable bonds is 8. The number of benzene rings is 1. The van der Waals surface area contributed by atoms with Gasteiger partial charge >= 0.3 is 5.92 Å². The van der Waals surface area contributed by atoms with Gasteiger partial charge in [0.05, 0.1) is 6.04 Å². The normalized spacial score (nSPS) is 12.1. The maximum atomic E-state index is 13.6. The topological polar surface area (TPSA) is 80.3 Å². The minimum atomic E-state index is -3.15. The molecule has 1 aromatic heterocycles. The van der Waals surface area contributed by atoms with E-state index in [-0.39, 0.29) is 28.1 Å². The molecule has 1 unspecified atom stereocenters. The third-order valence-corrected chi connectivity index (χ3v) is 4.48. The number of pyridine rings is 1. The van der Waals surface area contributed by atoms with Gasteiger partial charge < -0.3 is 15.4 Å². The zero-order valence-electron chi connectivity index (χ0n) is 16.8. The second kappa shape index (κ2) is 9.67. The summed E-state index contributed by atoms with van der Waals surface area (Å²) in [6.07, 6.45) is 1.41. The second-order valence-corrected chi connectivity index (χ2v) is 7.17. The van der Waals surface area contributed by atoms with E-state index in [1.165, 1.54) is 44.3 Å². The Hall–Kier alpha value is -3.00. The maximum absolute atomic E-state index is 13.6. The van der Waals surface area contributed by atoms with Gasteiger partial charge in [0.25, 0.3) is 5.91 Å². The molecule has 2 N–H and O–H groups in total. The van der Waals surface area contributed by atoms with E-state index in [0.29, 0.717) is 11.1 Å². The molecular formula is C21H22ClF2N3O3. The van der Waals surface area contributed by atoms with Crippen LogP contribution in [0.1, 0.15) is 42.7 Å². The Labute approximate surface area is 178 Å². The number of carbonyl (C=O) groups excluding carboxylic acids is 2. The Morgan fingerprint density at radius 3 is 2.57 bits per heavy atom. The van der Waals surface area contributed by atoms with Crippen molar-refractivity contribution in [2.24, 2.45) is 0 Å². The molecule has 1 atom stereocenters. The van der Waals surface area contributed by atoms with Crippen molar-refractivity contribution >= 4 is 29.2 Å². The van der Waals surface area contributed by atoms with E-state index >= 15 is 0 Å². The third kappa shape index (κ3) is 6.25. The van der Waals surface area contributed by atoms with Gasteiger partial charge in [0.2, 0.25) is 5.91 Å². The highest BCUT2D eigenvalue weighted by molar-refractivity contribution is 6.31. The standard InChI is InChI=1S/C21H22ClF2N3O3/c1-12(2)21(23,24)11-30-16-5-6-17(18(22)10-16)13(3)26-20(29)15-7-8-25-19(9-15)27-14(4)28/h5-10,13H,1,11H2,2-4H3,(H,26,29)(H,25,27,28). The van der Waals surface area contributed by atoms with Crippen molar-refractivity contribution in [3.05, 3.63) is 64.8 Å². The Morgan fingerprint density at radius 1 is 1.27 bits per heavy atom. The lowest BCUT2D eigenvalue weighted by molar-refractivity contribution is -0.114. The zero-order chi connectivity index (χ0) is 22.5. The van der Waals surface area contributed by atoms with Crippen LogP contribution in [-0.2, 0) is 4.79 Å². The molecule has 0 radical (unpaired) electrons. The fourth-order valence-electron chi connectivity index (χ4n) is 2.42. The van der Waals surface area contributed by atoms with Crippen LogP contribution in [0.4, 0.5) is 14.6 Å². The summed E-state index contributed by atoms with van der Waals surface area (Å²) in [6, 6.07) is 6.98. The van der Waals surface area contributed by atoms with Crippen LogP contribution >= 0.6 is 11.6 Å². The molecule has 30 heavy (non-hydrogen) atoms. The van der Waals surface area contributed by atoms with Crippen LogP contribution in [0, 0.1) is 0 Å². The zero-order valence-corrected chi connectivity index (χ0v) is 17.5. The number of hydrogen-bond donors (Lipinski definition) is 2. The summed E-state index contributed by atoms with van der Waals surface area (Å²) in [7, 11) is 0. The summed E-state index contributed by atoms with van der Waals surface area (Å²) in [5.41, 5.74) is 0.596. The number of ether oxygens (including phenoxy) is 1. The number of carbonyl (C=O) groups is 2. The van der Waals surface area contributed by atoms with E-state index in [0.717, 1.165) is 0 Å². The third-order valence-electron chi connectivity index (χ3n) is 4.16. The number of aromatic nitrogens is 1. The number of nitrogens with one attached hydrogen (secondary N) is 2. The highest BCUT2D eigenvalue weighted by Crippen LogP contribution is 2.29. The molecule has 0 fully saturated rings. The molecule has 1 heterocycles. The van der Waals surface area contributed by atoms with E-state index in [1.54, 1.807) is 13.0 Å². The van der Waals surface area contributed by atoms with Gasteiger partial charge in [-0.15, -0.1) is 0 Å². The molecule has 2 aromatic rings. The first kappa shape index (κ1) is 23.3. The first-order valence-corrected chi connectivity index (χ1v) is 9.38. The monoisotopic (exact) mass is 437 g/mol. The average Bonchev–Trinajstić information content (AvgIpc) is 2.66. The van der Waals surface area contributed by atoms with Gasteiger partial charge in [0, 0.05) is 23.7 Å². The molecule has 0 saturated heterocycles. The number of anilines is 1. The molecular weight excluding hydrogens is 416 g/mol. The van der Waals surface area contributed by atoms with Crippen molar-refractivity contribution in [1.82, 2.24) is 10.3 Å². The highest BCUT2D eigenvalue weighted by atomic mass is 35.5. The Bertz CT molecular complexity index is 966. The van der Waals surface area contributed by atoms with Gasteiger partial charge in [-0.05, 0) is 49.2 Å². The van der Waals surface area contributed by atoms with Gasteiger partial charge in [0.15, 0.2) is 6.61 Å². The predicted molar refractivity (Wildman–Crippen MR) is 111 cm³/mol. The predicted octanol–water partition coefficient (Wildman–Crippen LogP) is 4.77. The van der Waals surface area contributed by atoms with Crippen LogP contribution in [-0.4, -0.2) is 29.3 Å². The fraction of sp³-hybridized carbons (Fsp3) is 0.286. The van der Waals surface area contributed by atoms with E-state index in [1.807, 2.05) is 0 Å². The summed E-state index contributed by atoms with van der Waals surface area (Å²) >= 11 is 6.25. The quantitative estimate of drug-likeness (QED) is 0.583. The molecule has 0 bridgehead atoms. The van der Waals surface area contributed by atoms with E-state index in [2.05, 4.69) is 22.2 Å². The number of amides is 2. The van der Waals surface area contributed by atoms with E-state index in [4.69, 9.17) is 16.3 Å². The van der Waals surface area contributed by atoms with Crippen molar-refractivity contribution in [2.75, 3.05) is 11.9 Å². The smallest absolute Gasteiger partial charge is 0.302 e. The van der Waals surface area contributed by atoms with Crippen molar-refractivity contribution in [2.45, 2.75) is 32.7 Å². The van der Waals surface area contributed by atoms with Gasteiger partial charge in [-0.25, -0.2) is 4.98 Å². The van der Waals surface area contributed by atoms with E-state index in [9.17, 15) is 18.4 Å². The average molecular weight is 438 g/mol. The molecule has 2 rings (SSSR count). The summed E-state index contributed by atoms with van der Waals surface area (Å²) in [6.45, 7) is 6.69. The lowest BCUT2D eigenvalue weighted by Crippen LogP contribution is -2.27. The van der Waals surface area contributed by atoms with Crippen molar-refractivity contribution in [1.29, 1.82) is 0 Å². The number of halogens is 3. The minimum absolute atomic E-state index is 0.178. The van der Waals surface area contributed by atoms with Crippen LogP contribution in [0.15, 0.2) is 48.7 Å². The van der Waals surface area contributed by atoms with Crippen molar-refractivity contribution in [3.8, 4) is 5.75 Å². The summed E-state index contributed by atoms with van der Waals surface area (Å²) in [4.78, 5) is 27.6. The molecule has 1 aromatic carbocycles. The second-order valence-electron chi connectivity index (χ2n) is 6.76. The van der Waals surface area contributed by atoms with Gasteiger partial charge in [-0.2, -0.15) is 8.78 Å². The van der Waals surface area contributed by atoms with Gasteiger partial charge in [-0.1, -0.05) is 24.2 Å². The lowest BCUT2D eigenvalue weighted by Gasteiger charge is -2.19.